The third-order valence-corrected chi connectivity index (χ3v) is 4.61. The van der Waals surface area contributed by atoms with Gasteiger partial charge in [-0.05, 0) is 11.4 Å². The van der Waals surface area contributed by atoms with Crippen LogP contribution < -0.4 is 0 Å². The molecule has 2 fully saturated rings. The molecule has 2 aliphatic rings. The van der Waals surface area contributed by atoms with Crippen LogP contribution in [0.25, 0.3) is 0 Å². The number of β-amino-alcohol motifs (C(OH)–C–C–N with tert-alkyl or cyclic N) is 1. The summed E-state index contributed by atoms with van der Waals surface area (Å²) in [6.07, 6.45) is 0. The van der Waals surface area contributed by atoms with E-state index in [0.29, 0.717) is 18.0 Å². The van der Waals surface area contributed by atoms with Crippen LogP contribution in [0.1, 0.15) is 9.67 Å². The minimum atomic E-state index is -0.623. The van der Waals surface area contributed by atoms with Crippen molar-refractivity contribution in [1.82, 2.24) is 14.7 Å². The van der Waals surface area contributed by atoms with Gasteiger partial charge in [-0.25, -0.2) is 4.79 Å². The van der Waals surface area contributed by atoms with Crippen molar-refractivity contribution in [2.24, 2.45) is 0 Å². The van der Waals surface area contributed by atoms with Gasteiger partial charge < -0.3 is 14.9 Å². The van der Waals surface area contributed by atoms with Crippen molar-refractivity contribution in [2.45, 2.75) is 6.04 Å². The van der Waals surface area contributed by atoms with Crippen LogP contribution in [0.2, 0.25) is 0 Å². The maximum Gasteiger partial charge on any atom is 0.327 e. The third-order valence-electron chi connectivity index (χ3n) is 3.75. The smallest absolute Gasteiger partial charge is 0.327 e. The fourth-order valence-corrected chi connectivity index (χ4v) is 3.39. The van der Waals surface area contributed by atoms with Crippen LogP contribution in [0.3, 0.4) is 0 Å². The molecule has 0 saturated carbocycles. The van der Waals surface area contributed by atoms with Crippen molar-refractivity contribution in [3.63, 3.8) is 0 Å². The molecule has 2 aliphatic heterocycles. The Morgan fingerprint density at radius 3 is 2.86 bits per heavy atom. The lowest BCUT2D eigenvalue weighted by atomic mass is 10.2. The highest BCUT2D eigenvalue weighted by molar-refractivity contribution is 7.12. The Morgan fingerprint density at radius 2 is 2.19 bits per heavy atom. The second kappa shape index (κ2) is 5.45. The lowest BCUT2D eigenvalue weighted by Crippen LogP contribution is -2.54. The monoisotopic (exact) mass is 309 g/mol. The summed E-state index contributed by atoms with van der Waals surface area (Å²) in [6.45, 7) is 0.718. The molecule has 1 aromatic heterocycles. The number of aliphatic hydroxyl groups excluding tert-OH is 1. The van der Waals surface area contributed by atoms with E-state index < -0.39 is 6.04 Å². The summed E-state index contributed by atoms with van der Waals surface area (Å²) in [5, 5.41) is 10.8. The molecule has 4 amide bonds. The second-order valence-corrected chi connectivity index (χ2v) is 5.88. The molecule has 0 aliphatic carbocycles. The first kappa shape index (κ1) is 14.0. The number of carbonyl (C=O) groups is 3. The lowest BCUT2D eigenvalue weighted by molar-refractivity contribution is -0.129. The maximum atomic E-state index is 12.3. The highest BCUT2D eigenvalue weighted by Crippen LogP contribution is 2.23. The fraction of sp³-hybridized carbons (Fsp3) is 0.462. The molecule has 0 spiro atoms. The van der Waals surface area contributed by atoms with E-state index >= 15 is 0 Å². The Morgan fingerprint density at radius 1 is 1.38 bits per heavy atom. The summed E-state index contributed by atoms with van der Waals surface area (Å²) in [6, 6.07) is 2.56. The highest BCUT2D eigenvalue weighted by Gasteiger charge is 2.48. The van der Waals surface area contributed by atoms with Crippen molar-refractivity contribution >= 4 is 29.2 Å². The van der Waals surface area contributed by atoms with Crippen molar-refractivity contribution in [3.05, 3.63) is 22.4 Å². The molecule has 3 rings (SSSR count). The summed E-state index contributed by atoms with van der Waals surface area (Å²) in [5.74, 6) is -0.441. The van der Waals surface area contributed by atoms with Crippen LogP contribution in [-0.2, 0) is 4.79 Å². The average molecular weight is 309 g/mol. The zero-order valence-corrected chi connectivity index (χ0v) is 12.1. The molecule has 7 nitrogen and oxygen atoms in total. The van der Waals surface area contributed by atoms with Gasteiger partial charge in [0.25, 0.3) is 11.8 Å². The molecule has 21 heavy (non-hydrogen) atoms. The van der Waals surface area contributed by atoms with Gasteiger partial charge in [0.2, 0.25) is 0 Å². The molecule has 112 valence electrons. The lowest BCUT2D eigenvalue weighted by Gasteiger charge is -2.35. The molecule has 2 saturated heterocycles. The molecule has 1 aromatic rings. The van der Waals surface area contributed by atoms with Gasteiger partial charge in [0.05, 0.1) is 24.6 Å². The number of urea groups is 1. The van der Waals surface area contributed by atoms with E-state index in [2.05, 4.69) is 0 Å². The van der Waals surface area contributed by atoms with Gasteiger partial charge in [0.1, 0.15) is 6.04 Å². The number of rotatable bonds is 3. The molecular weight excluding hydrogens is 294 g/mol. The molecule has 1 atom stereocenters. The van der Waals surface area contributed by atoms with E-state index in [9.17, 15) is 14.4 Å². The molecule has 0 aromatic carbocycles. The summed E-state index contributed by atoms with van der Waals surface area (Å²) >= 11 is 1.36. The Kier molecular flexibility index (Phi) is 3.64. The van der Waals surface area contributed by atoms with Gasteiger partial charge in [-0.1, -0.05) is 6.07 Å². The first-order valence-corrected chi connectivity index (χ1v) is 7.57. The van der Waals surface area contributed by atoms with Gasteiger partial charge >= 0.3 is 6.03 Å². The summed E-state index contributed by atoms with van der Waals surface area (Å²) in [4.78, 5) is 41.4. The Labute approximate surface area is 125 Å². The number of thiophene rings is 1. The van der Waals surface area contributed by atoms with Gasteiger partial charge in [0.15, 0.2) is 0 Å². The van der Waals surface area contributed by atoms with Crippen molar-refractivity contribution in [1.29, 1.82) is 0 Å². The van der Waals surface area contributed by atoms with E-state index in [4.69, 9.17) is 5.11 Å². The van der Waals surface area contributed by atoms with Crippen molar-refractivity contribution in [2.75, 3.05) is 32.8 Å². The summed E-state index contributed by atoms with van der Waals surface area (Å²) in [7, 11) is 0. The first-order chi connectivity index (χ1) is 10.1. The molecule has 0 bridgehead atoms. The predicted molar refractivity (Wildman–Crippen MR) is 74.9 cm³/mol. The second-order valence-electron chi connectivity index (χ2n) is 4.93. The van der Waals surface area contributed by atoms with E-state index in [1.807, 2.05) is 5.38 Å². The molecule has 1 unspecified atom stereocenters. The Hall–Kier alpha value is -1.93. The average Bonchev–Trinajstić information content (AvgIpc) is 3.10. The predicted octanol–water partition coefficient (Wildman–Crippen LogP) is -0.171. The molecule has 1 N–H and O–H groups in total. The van der Waals surface area contributed by atoms with E-state index in [0.717, 1.165) is 4.90 Å². The standard InChI is InChI=1S/C13H15N3O4S/c17-6-5-16-11(18)9-8-14(3-4-15(9)13(16)20)12(19)10-2-1-7-21-10/h1-2,7,9,17H,3-6,8H2. The van der Waals surface area contributed by atoms with Crippen LogP contribution in [0.4, 0.5) is 4.79 Å². The van der Waals surface area contributed by atoms with Gasteiger partial charge in [-0.3, -0.25) is 14.5 Å². The molecule has 3 heterocycles. The number of hydrogen-bond donors (Lipinski definition) is 1. The van der Waals surface area contributed by atoms with Crippen molar-refractivity contribution in [3.8, 4) is 0 Å². The summed E-state index contributed by atoms with van der Waals surface area (Å²) in [5.41, 5.74) is 0. The molecule has 8 heteroatoms. The maximum absolute atomic E-state index is 12.3. The minimum Gasteiger partial charge on any atom is -0.395 e. The number of imide groups is 1. The quantitative estimate of drug-likeness (QED) is 0.786. The Bertz CT molecular complexity index is 574. The summed E-state index contributed by atoms with van der Waals surface area (Å²) < 4.78 is 0. The zero-order chi connectivity index (χ0) is 15.0. The van der Waals surface area contributed by atoms with E-state index in [1.165, 1.54) is 16.2 Å². The number of aliphatic hydroxyl groups is 1. The molecule has 0 radical (unpaired) electrons. The number of nitrogens with zero attached hydrogens (tertiary/aromatic N) is 3. The number of piperazine rings is 1. The van der Waals surface area contributed by atoms with Crippen LogP contribution >= 0.6 is 11.3 Å². The van der Waals surface area contributed by atoms with E-state index in [-0.39, 0.29) is 37.5 Å². The zero-order valence-electron chi connectivity index (χ0n) is 11.3. The highest BCUT2D eigenvalue weighted by atomic mass is 32.1. The number of carbonyl (C=O) groups excluding carboxylic acids is 3. The largest absolute Gasteiger partial charge is 0.395 e. The first-order valence-electron chi connectivity index (χ1n) is 6.69. The minimum absolute atomic E-state index is 0.00351. The van der Waals surface area contributed by atoms with E-state index in [1.54, 1.807) is 17.0 Å². The van der Waals surface area contributed by atoms with Gasteiger partial charge in [-0.2, -0.15) is 0 Å². The van der Waals surface area contributed by atoms with Gasteiger partial charge in [0, 0.05) is 13.1 Å². The van der Waals surface area contributed by atoms with Crippen LogP contribution in [0.15, 0.2) is 17.5 Å². The SMILES string of the molecule is O=C(c1cccs1)N1CCN2C(=O)N(CCO)C(=O)C2C1. The van der Waals surface area contributed by atoms with Crippen molar-refractivity contribution < 1.29 is 19.5 Å². The topological polar surface area (TPSA) is 81.2 Å². The molecular formula is C13H15N3O4S. The van der Waals surface area contributed by atoms with Gasteiger partial charge in [-0.15, -0.1) is 11.3 Å². The number of amides is 4. The number of hydrogen-bond acceptors (Lipinski definition) is 5. The third kappa shape index (κ3) is 2.30. The van der Waals surface area contributed by atoms with Crippen LogP contribution in [-0.4, -0.2) is 76.5 Å². The fourth-order valence-electron chi connectivity index (χ4n) is 2.70. The normalized spacial score (nSPS) is 22.0. The number of fused-ring (bicyclic) bond motifs is 1. The Balaban J connectivity index is 1.75. The van der Waals surface area contributed by atoms with Crippen LogP contribution in [0, 0.1) is 0 Å². The van der Waals surface area contributed by atoms with Crippen LogP contribution in [0.5, 0.6) is 0 Å².